The predicted octanol–water partition coefficient (Wildman–Crippen LogP) is 4.10. The lowest BCUT2D eigenvalue weighted by Crippen LogP contribution is -2.31. The molecule has 3 heteroatoms. The normalized spacial score (nSPS) is 13.3. The van der Waals surface area contributed by atoms with Gasteiger partial charge in [-0.2, -0.15) is 0 Å². The Morgan fingerprint density at radius 1 is 1.24 bits per heavy atom. The van der Waals surface area contributed by atoms with Crippen LogP contribution in [0.5, 0.6) is 0 Å². The van der Waals surface area contributed by atoms with Gasteiger partial charge in [-0.15, -0.1) is 0 Å². The van der Waals surface area contributed by atoms with Crippen LogP contribution >= 0.6 is 0 Å². The van der Waals surface area contributed by atoms with Crippen molar-refractivity contribution in [3.05, 3.63) is 60.7 Å². The van der Waals surface area contributed by atoms with E-state index in [9.17, 15) is 0 Å². The third kappa shape index (κ3) is 7.57. The first-order valence-corrected chi connectivity index (χ1v) is 7.65. The lowest BCUT2D eigenvalue weighted by atomic mass is 10.1. The second kappa shape index (κ2) is 12.0. The second-order valence-electron chi connectivity index (χ2n) is 4.36. The number of nitrogens with zero attached hydrogens (tertiary/aromatic N) is 3. The molecule has 1 aliphatic rings. The third-order valence-electron chi connectivity index (χ3n) is 2.98. The summed E-state index contributed by atoms with van der Waals surface area (Å²) in [6, 6.07) is 0. The molecular weight excluding hydrogens is 258 g/mol. The Morgan fingerprint density at radius 2 is 1.86 bits per heavy atom. The van der Waals surface area contributed by atoms with Crippen molar-refractivity contribution in [3.8, 4) is 0 Å². The van der Waals surface area contributed by atoms with Gasteiger partial charge in [-0.3, -0.25) is 4.90 Å². The van der Waals surface area contributed by atoms with E-state index in [0.29, 0.717) is 0 Å². The van der Waals surface area contributed by atoms with Gasteiger partial charge in [0.1, 0.15) is 5.82 Å². The fourth-order valence-electron chi connectivity index (χ4n) is 1.88. The summed E-state index contributed by atoms with van der Waals surface area (Å²) in [4.78, 5) is 11.1. The highest BCUT2D eigenvalue weighted by atomic mass is 15.1. The van der Waals surface area contributed by atoms with Crippen LogP contribution in [-0.2, 0) is 13.0 Å². The van der Waals surface area contributed by atoms with Gasteiger partial charge >= 0.3 is 0 Å². The summed E-state index contributed by atoms with van der Waals surface area (Å²) < 4.78 is 0. The number of fused-ring (bicyclic) bond motifs is 1. The van der Waals surface area contributed by atoms with Crippen LogP contribution in [0.25, 0.3) is 0 Å². The second-order valence-corrected chi connectivity index (χ2v) is 4.36. The molecule has 1 aromatic rings. The zero-order chi connectivity index (χ0) is 16.1. The number of likely N-dealkylation sites (N-methyl/N-ethyl adjacent to an activating group) is 1. The van der Waals surface area contributed by atoms with Crippen molar-refractivity contribution < 1.29 is 0 Å². The highest BCUT2D eigenvalue weighted by Crippen LogP contribution is 2.15. The summed E-state index contributed by atoms with van der Waals surface area (Å²) in [7, 11) is 0. The van der Waals surface area contributed by atoms with Gasteiger partial charge in [0.25, 0.3) is 0 Å². The highest BCUT2D eigenvalue weighted by Gasteiger charge is 2.15. The van der Waals surface area contributed by atoms with Crippen LogP contribution < -0.4 is 0 Å². The van der Waals surface area contributed by atoms with Crippen molar-refractivity contribution in [2.24, 2.45) is 0 Å². The Hall–Kier alpha value is -1.74. The summed E-state index contributed by atoms with van der Waals surface area (Å²) in [6.07, 6.45) is 10.2. The molecule has 0 spiro atoms. The number of aromatic nitrogens is 2. The summed E-state index contributed by atoms with van der Waals surface area (Å²) in [5.74, 6) is 0.886. The average Bonchev–Trinajstić information content (AvgIpc) is 2.54. The summed E-state index contributed by atoms with van der Waals surface area (Å²) in [5.41, 5.74) is 2.55. The van der Waals surface area contributed by atoms with Gasteiger partial charge < -0.3 is 0 Å². The molecule has 0 radical (unpaired) electrons. The quantitative estimate of drug-likeness (QED) is 0.784. The zero-order valence-electron chi connectivity index (χ0n) is 14.0. The van der Waals surface area contributed by atoms with E-state index < -0.39 is 0 Å². The van der Waals surface area contributed by atoms with Gasteiger partial charge in [-0.05, 0) is 25.5 Å². The van der Waals surface area contributed by atoms with Crippen LogP contribution in [0.15, 0.2) is 43.7 Å². The van der Waals surface area contributed by atoms with Crippen molar-refractivity contribution in [3.63, 3.8) is 0 Å². The largest absolute Gasteiger partial charge is 0.297 e. The number of rotatable bonds is 3. The first-order chi connectivity index (χ1) is 10.2. The molecule has 21 heavy (non-hydrogen) atoms. The first kappa shape index (κ1) is 19.3. The monoisotopic (exact) mass is 287 g/mol. The number of aryl methyl sites for hydroxylation is 1. The van der Waals surface area contributed by atoms with Crippen molar-refractivity contribution in [2.45, 2.75) is 40.7 Å². The molecule has 0 aliphatic carbocycles. The number of allylic oxidation sites excluding steroid dienone is 4. The van der Waals surface area contributed by atoms with Gasteiger partial charge in [-0.1, -0.05) is 58.2 Å². The Bertz CT molecular complexity index is 440. The van der Waals surface area contributed by atoms with Crippen molar-refractivity contribution in [1.29, 1.82) is 0 Å². The zero-order valence-corrected chi connectivity index (χ0v) is 14.0. The smallest absolute Gasteiger partial charge is 0.125 e. The molecule has 0 fully saturated rings. The lowest BCUT2D eigenvalue weighted by molar-refractivity contribution is 0.263. The fourth-order valence-corrected chi connectivity index (χ4v) is 1.88. The average molecular weight is 287 g/mol. The maximum atomic E-state index is 4.46. The third-order valence-corrected chi connectivity index (χ3v) is 2.98. The molecule has 0 saturated heterocycles. The van der Waals surface area contributed by atoms with Gasteiger partial charge in [0.05, 0.1) is 5.69 Å². The van der Waals surface area contributed by atoms with Crippen LogP contribution in [0.2, 0.25) is 0 Å². The van der Waals surface area contributed by atoms with Gasteiger partial charge in [0.2, 0.25) is 0 Å². The summed E-state index contributed by atoms with van der Waals surface area (Å²) >= 11 is 0. The minimum Gasteiger partial charge on any atom is -0.297 e. The summed E-state index contributed by atoms with van der Waals surface area (Å²) in [6.45, 7) is 18.3. The molecule has 0 N–H and O–H groups in total. The molecule has 0 aromatic carbocycles. The van der Waals surface area contributed by atoms with E-state index in [1.807, 2.05) is 39.1 Å². The van der Waals surface area contributed by atoms with Crippen LogP contribution in [-0.4, -0.2) is 28.0 Å². The van der Waals surface area contributed by atoms with Crippen LogP contribution in [0.4, 0.5) is 0 Å². The first-order valence-electron chi connectivity index (χ1n) is 7.65. The van der Waals surface area contributed by atoms with Crippen LogP contribution in [0.1, 0.15) is 37.9 Å². The van der Waals surface area contributed by atoms with E-state index in [2.05, 4.69) is 34.9 Å². The Labute approximate surface area is 130 Å². The Balaban J connectivity index is 0.000000427. The molecule has 116 valence electrons. The standard InChI is InChI=1S/C10H15N3.C6H8.C2H6/c1-3-13-5-4-9-6-11-8(2)12-10(9)7-13;1-3-5-6-4-2;1-2/h6H,3-5,7H2,1-2H3;3-6H,1-2H2;1-2H3/b;6-5-;. The highest BCUT2D eigenvalue weighted by molar-refractivity contribution is 5.20. The maximum absolute atomic E-state index is 4.46. The van der Waals surface area contributed by atoms with E-state index in [1.54, 1.807) is 12.2 Å². The molecule has 2 rings (SSSR count). The lowest BCUT2D eigenvalue weighted by Gasteiger charge is -2.26. The van der Waals surface area contributed by atoms with Gasteiger partial charge in [-0.25, -0.2) is 9.97 Å². The molecule has 0 unspecified atom stereocenters. The van der Waals surface area contributed by atoms with Crippen molar-refractivity contribution in [2.75, 3.05) is 13.1 Å². The van der Waals surface area contributed by atoms with Crippen molar-refractivity contribution >= 4 is 0 Å². The molecular formula is C18H29N3. The predicted molar refractivity (Wildman–Crippen MR) is 92.3 cm³/mol. The molecule has 0 atom stereocenters. The molecule has 0 amide bonds. The molecule has 2 heterocycles. The minimum absolute atomic E-state index is 0.886. The topological polar surface area (TPSA) is 29.0 Å². The maximum Gasteiger partial charge on any atom is 0.125 e. The van der Waals surface area contributed by atoms with E-state index in [4.69, 9.17) is 0 Å². The van der Waals surface area contributed by atoms with Gasteiger partial charge in [0.15, 0.2) is 0 Å². The molecule has 0 bridgehead atoms. The fraction of sp³-hybridized carbons (Fsp3) is 0.444. The van der Waals surface area contributed by atoms with Crippen molar-refractivity contribution in [1.82, 2.24) is 14.9 Å². The number of hydrogen-bond acceptors (Lipinski definition) is 3. The minimum atomic E-state index is 0.886. The summed E-state index contributed by atoms with van der Waals surface area (Å²) in [5, 5.41) is 0. The molecule has 1 aliphatic heterocycles. The molecule has 3 nitrogen and oxygen atoms in total. The molecule has 1 aromatic heterocycles. The van der Waals surface area contributed by atoms with E-state index in [1.165, 1.54) is 11.3 Å². The number of hydrogen-bond donors (Lipinski definition) is 0. The van der Waals surface area contributed by atoms with E-state index in [0.717, 1.165) is 31.9 Å². The van der Waals surface area contributed by atoms with E-state index in [-0.39, 0.29) is 0 Å². The van der Waals surface area contributed by atoms with E-state index >= 15 is 0 Å². The van der Waals surface area contributed by atoms with Gasteiger partial charge in [0, 0.05) is 19.3 Å². The van der Waals surface area contributed by atoms with Crippen LogP contribution in [0.3, 0.4) is 0 Å². The molecule has 0 saturated carbocycles. The Morgan fingerprint density at radius 3 is 2.38 bits per heavy atom. The SMILES string of the molecule is C=C/C=C\C=C.CC.CCN1CCc2cnc(C)nc2C1. The Kier molecular flexibility index (Phi) is 11.0. The van der Waals surface area contributed by atoms with Crippen LogP contribution in [0, 0.1) is 6.92 Å².